The molecule has 1 aliphatic rings. The Labute approximate surface area is 148 Å². The first-order valence-electron chi connectivity index (χ1n) is 8.32. The average Bonchev–Trinajstić information content (AvgIpc) is 2.62. The summed E-state index contributed by atoms with van der Waals surface area (Å²) in [5.41, 5.74) is 2.52. The van der Waals surface area contributed by atoms with Crippen molar-refractivity contribution < 1.29 is 9.53 Å². The number of esters is 1. The zero-order valence-electron chi connectivity index (χ0n) is 13.8. The standard InChI is InChI=1S/C20H21NO2S/c1-15-7-5-9-17(13-15)20(22)23-18-10-6-8-16(14-18)19(24)21-11-3-2-4-12-21/h5-10,13-14H,2-4,11-12H2,1H3. The van der Waals surface area contributed by atoms with Crippen LogP contribution in [0.4, 0.5) is 0 Å². The number of nitrogens with zero attached hydrogens (tertiary/aromatic N) is 1. The third-order valence-electron chi connectivity index (χ3n) is 4.19. The predicted molar refractivity (Wildman–Crippen MR) is 99.7 cm³/mol. The summed E-state index contributed by atoms with van der Waals surface area (Å²) < 4.78 is 5.52. The maximum absolute atomic E-state index is 12.3. The lowest BCUT2D eigenvalue weighted by Crippen LogP contribution is -2.34. The molecule has 0 amide bonds. The van der Waals surface area contributed by atoms with Gasteiger partial charge in [0.05, 0.1) is 5.56 Å². The van der Waals surface area contributed by atoms with Crippen molar-refractivity contribution in [2.75, 3.05) is 13.1 Å². The third-order valence-corrected chi connectivity index (χ3v) is 4.68. The SMILES string of the molecule is Cc1cccc(C(=O)Oc2cccc(C(=S)N3CCCCC3)c2)c1. The first kappa shape index (κ1) is 16.7. The number of carbonyl (C=O) groups excluding carboxylic acids is 1. The molecule has 0 bridgehead atoms. The van der Waals surface area contributed by atoms with Gasteiger partial charge in [0, 0.05) is 18.7 Å². The number of carbonyl (C=O) groups is 1. The lowest BCUT2D eigenvalue weighted by atomic mass is 10.1. The molecule has 24 heavy (non-hydrogen) atoms. The summed E-state index contributed by atoms with van der Waals surface area (Å²) in [4.78, 5) is 15.4. The molecule has 0 aliphatic carbocycles. The number of likely N-dealkylation sites (tertiary alicyclic amines) is 1. The van der Waals surface area contributed by atoms with Crippen LogP contribution in [0.5, 0.6) is 5.75 Å². The van der Waals surface area contributed by atoms with E-state index in [1.165, 1.54) is 19.3 Å². The van der Waals surface area contributed by atoms with Crippen LogP contribution < -0.4 is 4.74 Å². The lowest BCUT2D eigenvalue weighted by molar-refractivity contribution is 0.0734. The Balaban J connectivity index is 1.73. The Bertz CT molecular complexity index is 751. The molecule has 3 nitrogen and oxygen atoms in total. The second-order valence-corrected chi connectivity index (χ2v) is 6.53. The van der Waals surface area contributed by atoms with Gasteiger partial charge in [-0.15, -0.1) is 0 Å². The van der Waals surface area contributed by atoms with E-state index in [4.69, 9.17) is 17.0 Å². The van der Waals surface area contributed by atoms with Gasteiger partial charge in [0.15, 0.2) is 0 Å². The normalized spacial score (nSPS) is 14.3. The second kappa shape index (κ2) is 7.58. The number of ether oxygens (including phenoxy) is 1. The molecule has 0 saturated carbocycles. The monoisotopic (exact) mass is 339 g/mol. The van der Waals surface area contributed by atoms with E-state index in [9.17, 15) is 4.79 Å². The maximum Gasteiger partial charge on any atom is 0.343 e. The summed E-state index contributed by atoms with van der Waals surface area (Å²) in [6.07, 6.45) is 3.64. The summed E-state index contributed by atoms with van der Waals surface area (Å²) in [5, 5.41) is 0. The fourth-order valence-corrected chi connectivity index (χ4v) is 3.22. The van der Waals surface area contributed by atoms with Crippen molar-refractivity contribution in [2.45, 2.75) is 26.2 Å². The topological polar surface area (TPSA) is 29.5 Å². The van der Waals surface area contributed by atoms with Crippen LogP contribution in [0.2, 0.25) is 0 Å². The van der Waals surface area contributed by atoms with E-state index in [2.05, 4.69) is 4.90 Å². The van der Waals surface area contributed by atoms with Crippen LogP contribution in [0, 0.1) is 6.92 Å². The van der Waals surface area contributed by atoms with Gasteiger partial charge in [0.25, 0.3) is 0 Å². The van der Waals surface area contributed by atoms with Gasteiger partial charge in [-0.3, -0.25) is 0 Å². The van der Waals surface area contributed by atoms with Crippen LogP contribution in [0.1, 0.15) is 40.7 Å². The van der Waals surface area contributed by atoms with Crippen LogP contribution in [0.25, 0.3) is 0 Å². The predicted octanol–water partition coefficient (Wildman–Crippen LogP) is 4.38. The van der Waals surface area contributed by atoms with Crippen LogP contribution in [0.15, 0.2) is 48.5 Å². The van der Waals surface area contributed by atoms with Crippen LogP contribution >= 0.6 is 12.2 Å². The molecule has 1 aliphatic heterocycles. The summed E-state index contributed by atoms with van der Waals surface area (Å²) >= 11 is 5.61. The molecule has 0 unspecified atom stereocenters. The Kier molecular flexibility index (Phi) is 5.26. The highest BCUT2D eigenvalue weighted by atomic mass is 32.1. The van der Waals surface area contributed by atoms with Crippen molar-refractivity contribution in [2.24, 2.45) is 0 Å². The van der Waals surface area contributed by atoms with Crippen LogP contribution in [-0.2, 0) is 0 Å². The first-order valence-corrected chi connectivity index (χ1v) is 8.72. The zero-order valence-corrected chi connectivity index (χ0v) is 14.6. The highest BCUT2D eigenvalue weighted by Gasteiger charge is 2.16. The zero-order chi connectivity index (χ0) is 16.9. The van der Waals surface area contributed by atoms with E-state index in [1.807, 2.05) is 43.3 Å². The lowest BCUT2D eigenvalue weighted by Gasteiger charge is -2.29. The van der Waals surface area contributed by atoms with Gasteiger partial charge in [-0.2, -0.15) is 0 Å². The fourth-order valence-electron chi connectivity index (χ4n) is 2.91. The number of thiocarbonyl (C=S) groups is 1. The van der Waals surface area contributed by atoms with Gasteiger partial charge in [0.1, 0.15) is 10.7 Å². The van der Waals surface area contributed by atoms with E-state index >= 15 is 0 Å². The number of hydrogen-bond acceptors (Lipinski definition) is 3. The quantitative estimate of drug-likeness (QED) is 0.472. The fraction of sp³-hybridized carbons (Fsp3) is 0.300. The largest absolute Gasteiger partial charge is 0.423 e. The van der Waals surface area contributed by atoms with E-state index < -0.39 is 0 Å². The number of piperidine rings is 1. The summed E-state index contributed by atoms with van der Waals surface area (Å²) in [5.74, 6) is 0.179. The number of rotatable bonds is 3. The minimum absolute atomic E-state index is 0.347. The molecule has 124 valence electrons. The highest BCUT2D eigenvalue weighted by Crippen LogP contribution is 2.19. The average molecular weight is 339 g/mol. The molecule has 2 aromatic rings. The van der Waals surface area contributed by atoms with Crippen molar-refractivity contribution in [3.8, 4) is 5.75 Å². The van der Waals surface area contributed by atoms with Crippen molar-refractivity contribution >= 4 is 23.2 Å². The Morgan fingerprint density at radius 3 is 2.46 bits per heavy atom. The Hall–Kier alpha value is -2.20. The Morgan fingerprint density at radius 1 is 1.00 bits per heavy atom. The van der Waals surface area contributed by atoms with Crippen LogP contribution in [-0.4, -0.2) is 28.9 Å². The van der Waals surface area contributed by atoms with E-state index in [1.54, 1.807) is 12.1 Å². The van der Waals surface area contributed by atoms with Crippen LogP contribution in [0.3, 0.4) is 0 Å². The molecule has 0 N–H and O–H groups in total. The van der Waals surface area contributed by atoms with Crippen molar-refractivity contribution in [1.29, 1.82) is 0 Å². The van der Waals surface area contributed by atoms with Gasteiger partial charge < -0.3 is 9.64 Å². The first-order chi connectivity index (χ1) is 11.6. The van der Waals surface area contributed by atoms with Gasteiger partial charge >= 0.3 is 5.97 Å². The molecule has 0 spiro atoms. The van der Waals surface area contributed by atoms with Crippen molar-refractivity contribution in [3.63, 3.8) is 0 Å². The molecule has 0 radical (unpaired) electrons. The molecule has 3 rings (SSSR count). The molecular formula is C20H21NO2S. The molecule has 4 heteroatoms. The second-order valence-electron chi connectivity index (χ2n) is 6.14. The minimum atomic E-state index is -0.347. The molecule has 0 atom stereocenters. The molecule has 1 fully saturated rings. The number of hydrogen-bond donors (Lipinski definition) is 0. The van der Waals surface area contributed by atoms with Gasteiger partial charge in [0.2, 0.25) is 0 Å². The Morgan fingerprint density at radius 2 is 1.71 bits per heavy atom. The van der Waals surface area contributed by atoms with Crippen molar-refractivity contribution in [3.05, 3.63) is 65.2 Å². The molecule has 1 heterocycles. The summed E-state index contributed by atoms with van der Waals surface area (Å²) in [6, 6.07) is 14.9. The number of benzene rings is 2. The smallest absolute Gasteiger partial charge is 0.343 e. The van der Waals surface area contributed by atoms with Crippen molar-refractivity contribution in [1.82, 2.24) is 4.90 Å². The molecule has 2 aromatic carbocycles. The summed E-state index contributed by atoms with van der Waals surface area (Å²) in [6.45, 7) is 3.97. The number of aryl methyl sites for hydroxylation is 1. The molecule has 1 saturated heterocycles. The van der Waals surface area contributed by atoms with E-state index in [0.717, 1.165) is 29.2 Å². The summed E-state index contributed by atoms with van der Waals surface area (Å²) in [7, 11) is 0. The minimum Gasteiger partial charge on any atom is -0.423 e. The maximum atomic E-state index is 12.3. The van der Waals surface area contributed by atoms with Gasteiger partial charge in [-0.05, 0) is 50.5 Å². The third kappa shape index (κ3) is 4.01. The molecule has 0 aromatic heterocycles. The van der Waals surface area contributed by atoms with Gasteiger partial charge in [-0.25, -0.2) is 4.79 Å². The van der Waals surface area contributed by atoms with E-state index in [0.29, 0.717) is 11.3 Å². The molecular weight excluding hydrogens is 318 g/mol. The van der Waals surface area contributed by atoms with E-state index in [-0.39, 0.29) is 5.97 Å². The highest BCUT2D eigenvalue weighted by molar-refractivity contribution is 7.80. The van der Waals surface area contributed by atoms with Gasteiger partial charge in [-0.1, -0.05) is 42.0 Å².